The molecule has 234 valence electrons. The number of hydrogen-bond acceptors (Lipinski definition) is 3. The first-order chi connectivity index (χ1) is 24.8. The van der Waals surface area contributed by atoms with Crippen molar-refractivity contribution in [3.63, 3.8) is 0 Å². The number of allylic oxidation sites excluding steroid dienone is 1. The van der Waals surface area contributed by atoms with E-state index < -0.39 is 5.41 Å². The molecule has 0 saturated carbocycles. The Kier molecular flexibility index (Phi) is 6.36. The molecular formula is C46H30N4. The van der Waals surface area contributed by atoms with Crippen LogP contribution in [0.2, 0.25) is 0 Å². The van der Waals surface area contributed by atoms with Crippen LogP contribution < -0.4 is 10.4 Å². The normalized spacial score (nSPS) is 14.0. The zero-order chi connectivity index (χ0) is 33.1. The van der Waals surface area contributed by atoms with Gasteiger partial charge in [0, 0.05) is 29.1 Å². The molecular weight excluding hydrogens is 609 g/mol. The maximum atomic E-state index is 5.06. The second kappa shape index (κ2) is 11.2. The van der Waals surface area contributed by atoms with Gasteiger partial charge < -0.3 is 0 Å². The topological polar surface area (TPSA) is 43.6 Å². The predicted octanol–water partition coefficient (Wildman–Crippen LogP) is 8.48. The maximum Gasteiger partial charge on any atom is 0.237 e. The summed E-state index contributed by atoms with van der Waals surface area (Å²) in [6.07, 6.45) is 9.02. The molecule has 0 fully saturated rings. The van der Waals surface area contributed by atoms with Gasteiger partial charge in [-0.1, -0.05) is 146 Å². The third-order valence-electron chi connectivity index (χ3n) is 10.1. The molecule has 0 saturated heterocycles. The van der Waals surface area contributed by atoms with Gasteiger partial charge in [-0.2, -0.15) is 9.97 Å². The number of aromatic nitrogens is 4. The van der Waals surface area contributed by atoms with Crippen LogP contribution in [-0.4, -0.2) is 19.5 Å². The molecule has 6 aromatic rings. The van der Waals surface area contributed by atoms with Crippen LogP contribution in [0.15, 0.2) is 176 Å². The molecule has 50 heavy (non-hydrogen) atoms. The van der Waals surface area contributed by atoms with E-state index in [0.717, 1.165) is 16.7 Å². The first-order valence-corrected chi connectivity index (χ1v) is 16.9. The summed E-state index contributed by atoms with van der Waals surface area (Å²) in [4.78, 5) is 15.0. The van der Waals surface area contributed by atoms with E-state index in [2.05, 4.69) is 126 Å². The minimum atomic E-state index is -0.574. The molecule has 2 heterocycles. The molecule has 0 N–H and O–H groups in total. The van der Waals surface area contributed by atoms with Crippen LogP contribution in [0.1, 0.15) is 22.3 Å². The summed E-state index contributed by atoms with van der Waals surface area (Å²) in [6.45, 7) is 0. The Labute approximate surface area is 290 Å². The molecule has 5 aromatic carbocycles. The number of pyridine rings is 1. The van der Waals surface area contributed by atoms with Crippen molar-refractivity contribution >= 4 is 17.7 Å². The summed E-state index contributed by atoms with van der Waals surface area (Å²) >= 11 is 0. The second-order valence-corrected chi connectivity index (χ2v) is 12.9. The molecule has 0 atom stereocenters. The third kappa shape index (κ3) is 4.28. The first-order valence-electron chi connectivity index (χ1n) is 16.9. The lowest BCUT2D eigenvalue weighted by molar-refractivity contribution is 0.795. The van der Waals surface area contributed by atoms with Gasteiger partial charge in [-0.3, -0.25) is 4.57 Å². The molecule has 0 spiro atoms. The number of fused-ring (bicyclic) bond motifs is 5. The van der Waals surface area contributed by atoms with Gasteiger partial charge >= 0.3 is 0 Å². The molecule has 4 heteroatoms. The van der Waals surface area contributed by atoms with Crippen molar-refractivity contribution in [2.24, 2.45) is 0 Å². The van der Waals surface area contributed by atoms with Crippen LogP contribution in [-0.2, 0) is 5.41 Å². The highest BCUT2D eigenvalue weighted by atomic mass is 15.2. The van der Waals surface area contributed by atoms with E-state index in [0.29, 0.717) is 17.6 Å². The monoisotopic (exact) mass is 638 g/mol. The van der Waals surface area contributed by atoms with E-state index >= 15 is 0 Å². The van der Waals surface area contributed by atoms with Crippen LogP contribution in [0.3, 0.4) is 0 Å². The van der Waals surface area contributed by atoms with Gasteiger partial charge in [0.25, 0.3) is 0 Å². The molecule has 0 unspecified atom stereocenters. The van der Waals surface area contributed by atoms with E-state index in [9.17, 15) is 0 Å². The summed E-state index contributed by atoms with van der Waals surface area (Å²) < 4.78 is 2.06. The molecule has 0 bridgehead atoms. The Hall–Kier alpha value is -6.65. The minimum absolute atomic E-state index is 0.568. The van der Waals surface area contributed by atoms with E-state index in [1.54, 1.807) is 0 Å². The van der Waals surface area contributed by atoms with Crippen LogP contribution in [0.5, 0.6) is 0 Å². The predicted molar refractivity (Wildman–Crippen MR) is 201 cm³/mol. The molecule has 4 nitrogen and oxygen atoms in total. The van der Waals surface area contributed by atoms with Gasteiger partial charge in [0.15, 0.2) is 11.6 Å². The molecule has 4 aliphatic rings. The van der Waals surface area contributed by atoms with Gasteiger partial charge in [0.2, 0.25) is 5.95 Å². The molecule has 0 radical (unpaired) electrons. The highest BCUT2D eigenvalue weighted by Crippen LogP contribution is 2.57. The highest BCUT2D eigenvalue weighted by Gasteiger charge is 2.48. The van der Waals surface area contributed by atoms with Gasteiger partial charge in [-0.25, -0.2) is 4.98 Å². The van der Waals surface area contributed by atoms with Crippen LogP contribution in [0.4, 0.5) is 0 Å². The minimum Gasteiger partial charge on any atom is -0.292 e. The lowest BCUT2D eigenvalue weighted by Gasteiger charge is -2.41. The lowest BCUT2D eigenvalue weighted by atomic mass is 9.60. The number of nitrogens with zero attached hydrogens (tertiary/aromatic N) is 4. The Balaban J connectivity index is 1.29. The Morgan fingerprint density at radius 2 is 1.06 bits per heavy atom. The quantitative estimate of drug-likeness (QED) is 0.190. The van der Waals surface area contributed by atoms with Crippen molar-refractivity contribution in [3.05, 3.63) is 208 Å². The zero-order valence-corrected chi connectivity index (χ0v) is 27.1. The first kappa shape index (κ1) is 28.4. The maximum absolute atomic E-state index is 5.06. The Morgan fingerprint density at radius 1 is 0.500 bits per heavy atom. The van der Waals surface area contributed by atoms with Crippen LogP contribution in [0, 0.1) is 0 Å². The fourth-order valence-corrected chi connectivity index (χ4v) is 8.00. The van der Waals surface area contributed by atoms with Crippen molar-refractivity contribution < 1.29 is 0 Å². The van der Waals surface area contributed by atoms with Crippen molar-refractivity contribution in [2.45, 2.75) is 5.41 Å². The molecule has 1 aromatic heterocycles. The fraction of sp³-hybridized carbons (Fsp3) is 0.0217. The summed E-state index contributed by atoms with van der Waals surface area (Å²) in [7, 11) is 0. The fourth-order valence-electron chi connectivity index (χ4n) is 8.00. The standard InChI is InChI=1S/C46H30N4/c1-5-15-31(16-6-1)43-47-44(32-17-7-2-8-18-32)49-45(48-43)50-26-25-34-28-36-29-35-27-33-19-13-14-24-39(33)41(35)46(42(36)40(34)30-50,37-20-9-3-10-21-37)38-22-11-4-12-23-38/h1-30H. The SMILES string of the molecule is C1=C2C=c3ccccc3=C2C(c2ccccc2)(c2ccccc2)c2c1cc1ccn(-c3nc(-c4ccccc4)nc(-c4ccccc4)n3)cc2-1. The van der Waals surface area contributed by atoms with Crippen LogP contribution >= 0.6 is 0 Å². The number of rotatable bonds is 5. The average molecular weight is 639 g/mol. The third-order valence-corrected chi connectivity index (χ3v) is 10.1. The summed E-state index contributed by atoms with van der Waals surface area (Å²) in [5.41, 5.74) is 11.2. The van der Waals surface area contributed by atoms with Gasteiger partial charge in [0.1, 0.15) is 0 Å². The lowest BCUT2D eigenvalue weighted by Crippen LogP contribution is -2.38. The number of benzene rings is 5. The van der Waals surface area contributed by atoms with E-state index in [4.69, 9.17) is 15.0 Å². The van der Waals surface area contributed by atoms with Gasteiger partial charge in [0.05, 0.1) is 5.41 Å². The van der Waals surface area contributed by atoms with Gasteiger partial charge in [-0.05, 0) is 73.7 Å². The van der Waals surface area contributed by atoms with Crippen molar-refractivity contribution in [1.29, 1.82) is 0 Å². The van der Waals surface area contributed by atoms with E-state index in [1.165, 1.54) is 49.4 Å². The molecule has 3 aliphatic carbocycles. The van der Waals surface area contributed by atoms with Crippen molar-refractivity contribution in [1.82, 2.24) is 19.5 Å². The van der Waals surface area contributed by atoms with Crippen molar-refractivity contribution in [3.8, 4) is 39.9 Å². The van der Waals surface area contributed by atoms with E-state index in [-0.39, 0.29) is 0 Å². The van der Waals surface area contributed by atoms with Crippen LogP contribution in [0.25, 0.3) is 57.6 Å². The number of hydrogen-bond donors (Lipinski definition) is 0. The molecule has 0 amide bonds. The summed E-state index contributed by atoms with van der Waals surface area (Å²) in [5, 5.41) is 2.52. The summed E-state index contributed by atoms with van der Waals surface area (Å²) in [5.74, 6) is 1.84. The largest absolute Gasteiger partial charge is 0.292 e. The van der Waals surface area contributed by atoms with E-state index in [1.807, 2.05) is 60.7 Å². The van der Waals surface area contributed by atoms with Gasteiger partial charge in [-0.15, -0.1) is 0 Å². The zero-order valence-electron chi connectivity index (χ0n) is 27.1. The van der Waals surface area contributed by atoms with Crippen molar-refractivity contribution in [2.75, 3.05) is 0 Å². The smallest absolute Gasteiger partial charge is 0.237 e. The average Bonchev–Trinajstić information content (AvgIpc) is 3.76. The highest BCUT2D eigenvalue weighted by molar-refractivity contribution is 6.04. The Morgan fingerprint density at radius 3 is 1.68 bits per heavy atom. The Bertz CT molecular complexity index is 2580. The molecule has 1 aliphatic heterocycles. The second-order valence-electron chi connectivity index (χ2n) is 12.9. The molecule has 10 rings (SSSR count). The summed E-state index contributed by atoms with van der Waals surface area (Å²) in [6, 6.07) is 55.6.